The van der Waals surface area contributed by atoms with E-state index in [-0.39, 0.29) is 5.70 Å². The molecule has 0 spiro atoms. The van der Waals surface area contributed by atoms with Gasteiger partial charge in [-0.15, -0.1) is 0 Å². The Hall–Kier alpha value is -1.24. The lowest BCUT2D eigenvalue weighted by molar-refractivity contribution is -0.129. The standard InChI is InChI=1S/C23H13Br2I2NO3/c24-18-9-14(10-19(25)21(18)30-12-13-2-1-3-17(27)8-13)11-20-23(29)31-22(28-20)15-4-6-16(26)7-5-15/h1-11H,12H2/b20-11-. The molecule has 8 heteroatoms. The van der Waals surface area contributed by atoms with Crippen molar-refractivity contribution in [1.82, 2.24) is 0 Å². The van der Waals surface area contributed by atoms with Crippen molar-refractivity contribution in [3.63, 3.8) is 0 Å². The highest BCUT2D eigenvalue weighted by atomic mass is 127. The van der Waals surface area contributed by atoms with Crippen molar-refractivity contribution in [3.05, 3.63) is 99.1 Å². The maximum Gasteiger partial charge on any atom is 0.363 e. The molecule has 1 heterocycles. The molecule has 0 N–H and O–H groups in total. The highest BCUT2D eigenvalue weighted by molar-refractivity contribution is 14.1. The van der Waals surface area contributed by atoms with E-state index in [1.54, 1.807) is 6.08 Å². The van der Waals surface area contributed by atoms with Gasteiger partial charge in [-0.3, -0.25) is 0 Å². The predicted molar refractivity (Wildman–Crippen MR) is 145 cm³/mol. The number of ether oxygens (including phenoxy) is 2. The van der Waals surface area contributed by atoms with E-state index in [0.717, 1.165) is 32.8 Å². The number of aliphatic imine (C=N–C) groups is 1. The third kappa shape index (κ3) is 5.77. The summed E-state index contributed by atoms with van der Waals surface area (Å²) in [5.41, 5.74) is 2.89. The fraction of sp³-hybridized carbons (Fsp3) is 0.0435. The number of benzene rings is 3. The molecule has 0 unspecified atom stereocenters. The lowest BCUT2D eigenvalue weighted by Crippen LogP contribution is -2.05. The number of halogens is 4. The van der Waals surface area contributed by atoms with E-state index < -0.39 is 5.97 Å². The van der Waals surface area contributed by atoms with Crippen LogP contribution in [0.25, 0.3) is 6.08 Å². The monoisotopic (exact) mass is 763 g/mol. The molecule has 0 radical (unpaired) electrons. The molecule has 3 aromatic rings. The van der Waals surface area contributed by atoms with Crippen molar-refractivity contribution < 1.29 is 14.3 Å². The second kappa shape index (κ2) is 10.1. The van der Waals surface area contributed by atoms with Crippen LogP contribution in [0.1, 0.15) is 16.7 Å². The van der Waals surface area contributed by atoms with E-state index >= 15 is 0 Å². The van der Waals surface area contributed by atoms with E-state index in [0.29, 0.717) is 18.3 Å². The van der Waals surface area contributed by atoms with Crippen LogP contribution in [0.15, 0.2) is 80.3 Å². The minimum atomic E-state index is -0.472. The number of cyclic esters (lactones) is 1. The summed E-state index contributed by atoms with van der Waals surface area (Å²) in [6.07, 6.45) is 1.70. The number of esters is 1. The normalized spacial score (nSPS) is 14.5. The van der Waals surface area contributed by atoms with Gasteiger partial charge in [0.25, 0.3) is 0 Å². The summed E-state index contributed by atoms with van der Waals surface area (Å²) in [7, 11) is 0. The summed E-state index contributed by atoms with van der Waals surface area (Å²) in [5.74, 6) is 0.529. The first-order valence-electron chi connectivity index (χ1n) is 9.04. The van der Waals surface area contributed by atoms with E-state index in [4.69, 9.17) is 9.47 Å². The van der Waals surface area contributed by atoms with Gasteiger partial charge in [-0.1, -0.05) is 12.1 Å². The third-order valence-electron chi connectivity index (χ3n) is 4.31. The Balaban J connectivity index is 1.55. The number of nitrogens with zero attached hydrogens (tertiary/aromatic N) is 1. The van der Waals surface area contributed by atoms with Crippen LogP contribution in [0, 0.1) is 7.14 Å². The fourth-order valence-corrected chi connectivity index (χ4v) is 5.28. The van der Waals surface area contributed by atoms with Crippen LogP contribution < -0.4 is 4.74 Å². The molecule has 0 atom stereocenters. The molecule has 0 saturated heterocycles. The van der Waals surface area contributed by atoms with Crippen LogP contribution in [0.4, 0.5) is 0 Å². The highest BCUT2D eigenvalue weighted by Gasteiger charge is 2.24. The second-order valence-corrected chi connectivity index (χ2v) is 10.8. The molecule has 0 aliphatic carbocycles. The van der Waals surface area contributed by atoms with E-state index in [2.05, 4.69) is 88.1 Å². The molecule has 0 bridgehead atoms. The summed E-state index contributed by atoms with van der Waals surface area (Å²) < 4.78 is 15.1. The Kier molecular flexibility index (Phi) is 7.50. The Morgan fingerprint density at radius 1 is 0.968 bits per heavy atom. The van der Waals surface area contributed by atoms with Gasteiger partial charge < -0.3 is 9.47 Å². The zero-order valence-corrected chi connectivity index (χ0v) is 23.2. The fourth-order valence-electron chi connectivity index (χ4n) is 2.87. The molecule has 0 amide bonds. The number of hydrogen-bond acceptors (Lipinski definition) is 4. The molecule has 3 aromatic carbocycles. The number of carbonyl (C=O) groups excluding carboxylic acids is 1. The van der Waals surface area contributed by atoms with E-state index in [1.807, 2.05) is 54.6 Å². The molecular formula is C23H13Br2I2NO3. The Morgan fingerprint density at radius 2 is 1.68 bits per heavy atom. The van der Waals surface area contributed by atoms with Gasteiger partial charge in [0.15, 0.2) is 5.70 Å². The zero-order valence-electron chi connectivity index (χ0n) is 15.7. The minimum Gasteiger partial charge on any atom is -0.487 e. The Bertz CT molecular complexity index is 1200. The van der Waals surface area contributed by atoms with Crippen molar-refractivity contribution in [1.29, 1.82) is 0 Å². The van der Waals surface area contributed by atoms with Crippen LogP contribution in [0.5, 0.6) is 5.75 Å². The molecule has 4 rings (SSSR count). The van der Waals surface area contributed by atoms with Gasteiger partial charge in [-0.2, -0.15) is 0 Å². The molecule has 156 valence electrons. The number of rotatable bonds is 5. The highest BCUT2D eigenvalue weighted by Crippen LogP contribution is 2.36. The zero-order chi connectivity index (χ0) is 22.0. The number of hydrogen-bond donors (Lipinski definition) is 0. The summed E-state index contributed by atoms with van der Waals surface area (Å²) >= 11 is 11.6. The van der Waals surface area contributed by atoms with Crippen LogP contribution in [-0.4, -0.2) is 11.9 Å². The lowest BCUT2D eigenvalue weighted by atomic mass is 10.2. The largest absolute Gasteiger partial charge is 0.487 e. The number of carbonyl (C=O) groups is 1. The first kappa shape index (κ1) is 22.9. The topological polar surface area (TPSA) is 47.9 Å². The molecule has 4 nitrogen and oxygen atoms in total. The van der Waals surface area contributed by atoms with Gasteiger partial charge >= 0.3 is 5.97 Å². The molecule has 0 aromatic heterocycles. The van der Waals surface area contributed by atoms with E-state index in [1.165, 1.54) is 0 Å². The van der Waals surface area contributed by atoms with Crippen LogP contribution in [0.2, 0.25) is 0 Å². The average Bonchev–Trinajstić information content (AvgIpc) is 3.08. The van der Waals surface area contributed by atoms with Crippen LogP contribution >= 0.6 is 77.0 Å². The van der Waals surface area contributed by atoms with Crippen molar-refractivity contribution >= 4 is 95.0 Å². The van der Waals surface area contributed by atoms with Crippen molar-refractivity contribution in [2.75, 3.05) is 0 Å². The van der Waals surface area contributed by atoms with Crippen molar-refractivity contribution in [2.24, 2.45) is 4.99 Å². The molecule has 1 aliphatic heterocycles. The van der Waals surface area contributed by atoms with Gasteiger partial charge in [0.2, 0.25) is 5.90 Å². The lowest BCUT2D eigenvalue weighted by Gasteiger charge is -2.12. The molecular weight excluding hydrogens is 752 g/mol. The SMILES string of the molecule is O=C1OC(c2ccc(I)cc2)=N/C1=C\c1cc(Br)c(OCc2cccc(I)c2)c(Br)c1. The molecule has 1 aliphatic rings. The van der Waals surface area contributed by atoms with Crippen LogP contribution in [-0.2, 0) is 16.1 Å². The van der Waals surface area contributed by atoms with Crippen molar-refractivity contribution in [2.45, 2.75) is 6.61 Å². The second-order valence-electron chi connectivity index (χ2n) is 6.58. The van der Waals surface area contributed by atoms with Gasteiger partial charge in [0.1, 0.15) is 12.4 Å². The van der Waals surface area contributed by atoms with Gasteiger partial charge in [-0.25, -0.2) is 9.79 Å². The predicted octanol–water partition coefficient (Wildman–Crippen LogP) is 7.34. The summed E-state index contributed by atoms with van der Waals surface area (Å²) in [5, 5.41) is 0. The first-order valence-corrected chi connectivity index (χ1v) is 12.8. The van der Waals surface area contributed by atoms with Gasteiger partial charge in [0.05, 0.1) is 8.95 Å². The first-order chi connectivity index (χ1) is 14.9. The summed E-state index contributed by atoms with van der Waals surface area (Å²) in [4.78, 5) is 16.7. The summed E-state index contributed by atoms with van der Waals surface area (Å²) in [6.45, 7) is 0.449. The van der Waals surface area contributed by atoms with Gasteiger partial charge in [-0.05, 0) is 143 Å². The summed E-state index contributed by atoms with van der Waals surface area (Å²) in [6, 6.07) is 19.6. The van der Waals surface area contributed by atoms with E-state index in [9.17, 15) is 4.79 Å². The maximum absolute atomic E-state index is 12.3. The minimum absolute atomic E-state index is 0.250. The molecule has 31 heavy (non-hydrogen) atoms. The third-order valence-corrected chi connectivity index (χ3v) is 6.88. The average molecular weight is 765 g/mol. The Morgan fingerprint density at radius 3 is 2.35 bits per heavy atom. The Labute approximate surface area is 223 Å². The van der Waals surface area contributed by atoms with Crippen LogP contribution in [0.3, 0.4) is 0 Å². The maximum atomic E-state index is 12.3. The van der Waals surface area contributed by atoms with Gasteiger partial charge in [0, 0.05) is 12.7 Å². The molecule has 0 fully saturated rings. The quantitative estimate of drug-likeness (QED) is 0.155. The molecule has 0 saturated carbocycles. The van der Waals surface area contributed by atoms with Crippen molar-refractivity contribution in [3.8, 4) is 5.75 Å². The smallest absolute Gasteiger partial charge is 0.363 e.